The molecule has 0 bridgehead atoms. The van der Waals surface area contributed by atoms with Crippen molar-refractivity contribution in [3.05, 3.63) is 73.8 Å². The average molecular weight is 352 g/mol. The van der Waals surface area contributed by atoms with E-state index in [0.717, 1.165) is 16.5 Å². The molecule has 118 valence electrons. The lowest BCUT2D eigenvalue weighted by Gasteiger charge is -2.10. The Bertz CT molecular complexity index is 953. The molecule has 1 heterocycles. The number of halogens is 3. The van der Waals surface area contributed by atoms with E-state index in [9.17, 15) is 9.18 Å². The van der Waals surface area contributed by atoms with E-state index in [1.165, 1.54) is 18.2 Å². The molecule has 0 aliphatic rings. The molecule has 2 aromatic carbocycles. The summed E-state index contributed by atoms with van der Waals surface area (Å²) in [5.41, 5.74) is 2.26. The Morgan fingerprint density at radius 3 is 2.65 bits per heavy atom. The Hall–Kier alpha value is -2.04. The van der Waals surface area contributed by atoms with Crippen LogP contribution >= 0.6 is 23.2 Å². The van der Waals surface area contributed by atoms with Crippen LogP contribution < -0.4 is 10.9 Å². The molecule has 0 unspecified atom stereocenters. The summed E-state index contributed by atoms with van der Waals surface area (Å²) >= 11 is 11.9. The molecule has 0 aliphatic heterocycles. The topological polar surface area (TPSA) is 42.2 Å². The zero-order valence-corrected chi connectivity index (χ0v) is 13.6. The number of rotatable bonds is 3. The number of aryl methyl sites for hydroxylation is 1. The smallest absolute Gasteiger partial charge is 0.336 e. The summed E-state index contributed by atoms with van der Waals surface area (Å²) in [5.74, 6) is -0.481. The molecular formula is C17H12Cl2FNO2. The van der Waals surface area contributed by atoms with Crippen LogP contribution in [0.5, 0.6) is 0 Å². The molecule has 0 radical (unpaired) electrons. The van der Waals surface area contributed by atoms with Crippen molar-refractivity contribution < 1.29 is 8.81 Å². The first-order valence-corrected chi connectivity index (χ1v) is 7.61. The Morgan fingerprint density at radius 2 is 1.91 bits per heavy atom. The average Bonchev–Trinajstić information content (AvgIpc) is 2.50. The second-order valence-electron chi connectivity index (χ2n) is 5.17. The predicted molar refractivity (Wildman–Crippen MR) is 91.0 cm³/mol. The molecule has 3 rings (SSSR count). The van der Waals surface area contributed by atoms with Gasteiger partial charge in [0.25, 0.3) is 0 Å². The first-order valence-electron chi connectivity index (χ1n) is 6.86. The van der Waals surface area contributed by atoms with Gasteiger partial charge < -0.3 is 9.73 Å². The fourth-order valence-electron chi connectivity index (χ4n) is 2.30. The van der Waals surface area contributed by atoms with Crippen LogP contribution in [0.15, 0.2) is 45.6 Å². The molecule has 6 heteroatoms. The summed E-state index contributed by atoms with van der Waals surface area (Å²) in [4.78, 5) is 11.7. The summed E-state index contributed by atoms with van der Waals surface area (Å²) in [6.45, 7) is 2.19. The van der Waals surface area contributed by atoms with Crippen molar-refractivity contribution in [1.29, 1.82) is 0 Å². The maximum Gasteiger partial charge on any atom is 0.336 e. The Morgan fingerprint density at radius 1 is 1.13 bits per heavy atom. The zero-order chi connectivity index (χ0) is 16.6. The van der Waals surface area contributed by atoms with E-state index in [2.05, 4.69) is 5.32 Å². The summed E-state index contributed by atoms with van der Waals surface area (Å²) in [6, 6.07) is 9.25. The summed E-state index contributed by atoms with van der Waals surface area (Å²) in [6.07, 6.45) is 0. The number of anilines is 1. The molecular weight excluding hydrogens is 340 g/mol. The van der Waals surface area contributed by atoms with Crippen LogP contribution in [0.3, 0.4) is 0 Å². The first kappa shape index (κ1) is 15.8. The van der Waals surface area contributed by atoms with E-state index in [4.69, 9.17) is 27.6 Å². The summed E-state index contributed by atoms with van der Waals surface area (Å²) in [5, 5.41) is 4.49. The minimum Gasteiger partial charge on any atom is -0.423 e. The van der Waals surface area contributed by atoms with E-state index in [1.54, 1.807) is 18.2 Å². The normalized spacial score (nSPS) is 11.0. The Kier molecular flexibility index (Phi) is 4.28. The molecule has 0 amide bonds. The van der Waals surface area contributed by atoms with E-state index < -0.39 is 11.4 Å². The van der Waals surface area contributed by atoms with Crippen LogP contribution in [0.2, 0.25) is 10.0 Å². The molecule has 0 spiro atoms. The van der Waals surface area contributed by atoms with Crippen LogP contribution in [-0.4, -0.2) is 0 Å². The van der Waals surface area contributed by atoms with Gasteiger partial charge in [-0.15, -0.1) is 0 Å². The lowest BCUT2D eigenvalue weighted by molar-refractivity contribution is 0.559. The SMILES string of the molecule is Cc1cc2oc(=O)cc(CNc3ccc(F)c(Cl)c3)c2cc1Cl. The van der Waals surface area contributed by atoms with Gasteiger partial charge in [0.15, 0.2) is 0 Å². The van der Waals surface area contributed by atoms with Gasteiger partial charge in [0, 0.05) is 28.7 Å². The second-order valence-corrected chi connectivity index (χ2v) is 5.99. The van der Waals surface area contributed by atoms with Gasteiger partial charge in [-0.25, -0.2) is 9.18 Å². The van der Waals surface area contributed by atoms with Crippen molar-refractivity contribution >= 4 is 39.9 Å². The Balaban J connectivity index is 1.97. The zero-order valence-electron chi connectivity index (χ0n) is 12.1. The second kappa shape index (κ2) is 6.22. The molecule has 0 saturated carbocycles. The third-order valence-corrected chi connectivity index (χ3v) is 4.21. The van der Waals surface area contributed by atoms with Crippen molar-refractivity contribution in [3.8, 4) is 0 Å². The molecule has 23 heavy (non-hydrogen) atoms. The summed E-state index contributed by atoms with van der Waals surface area (Å²) < 4.78 is 18.4. The fourth-order valence-corrected chi connectivity index (χ4v) is 2.64. The maximum absolute atomic E-state index is 13.2. The van der Waals surface area contributed by atoms with Crippen molar-refractivity contribution in [2.24, 2.45) is 0 Å². The molecule has 0 atom stereocenters. The van der Waals surface area contributed by atoms with Crippen LogP contribution in [0.1, 0.15) is 11.1 Å². The van der Waals surface area contributed by atoms with Crippen molar-refractivity contribution in [2.45, 2.75) is 13.5 Å². The number of nitrogens with one attached hydrogen (secondary N) is 1. The van der Waals surface area contributed by atoms with Crippen molar-refractivity contribution in [1.82, 2.24) is 0 Å². The highest BCUT2D eigenvalue weighted by Gasteiger charge is 2.09. The highest BCUT2D eigenvalue weighted by molar-refractivity contribution is 6.32. The molecule has 3 nitrogen and oxygen atoms in total. The monoisotopic (exact) mass is 351 g/mol. The standard InChI is InChI=1S/C17H12Cl2FNO2/c1-9-4-16-12(7-13(9)18)10(5-17(22)23-16)8-21-11-2-3-15(20)14(19)6-11/h2-7,21H,8H2,1H3. The van der Waals surface area contributed by atoms with E-state index in [-0.39, 0.29) is 5.02 Å². The molecule has 1 aromatic heterocycles. The molecule has 1 N–H and O–H groups in total. The highest BCUT2D eigenvalue weighted by Crippen LogP contribution is 2.26. The van der Waals surface area contributed by atoms with E-state index >= 15 is 0 Å². The minimum atomic E-state index is -0.481. The van der Waals surface area contributed by atoms with Gasteiger partial charge in [-0.3, -0.25) is 0 Å². The quantitative estimate of drug-likeness (QED) is 0.662. The lowest BCUT2D eigenvalue weighted by atomic mass is 10.1. The number of hydrogen-bond acceptors (Lipinski definition) is 3. The van der Waals surface area contributed by atoms with Gasteiger partial charge in [-0.2, -0.15) is 0 Å². The third kappa shape index (κ3) is 3.33. The molecule has 0 fully saturated rings. The van der Waals surface area contributed by atoms with E-state index in [1.807, 2.05) is 6.92 Å². The van der Waals surface area contributed by atoms with Gasteiger partial charge in [0.05, 0.1) is 5.02 Å². The van der Waals surface area contributed by atoms with Crippen LogP contribution in [-0.2, 0) is 6.54 Å². The molecule has 0 saturated heterocycles. The predicted octanol–water partition coefficient (Wildman–Crippen LogP) is 5.16. The highest BCUT2D eigenvalue weighted by atomic mass is 35.5. The van der Waals surface area contributed by atoms with Gasteiger partial charge in [0.2, 0.25) is 0 Å². The number of benzene rings is 2. The maximum atomic E-state index is 13.2. The lowest BCUT2D eigenvalue weighted by Crippen LogP contribution is -2.06. The fraction of sp³-hybridized carbons (Fsp3) is 0.118. The largest absolute Gasteiger partial charge is 0.423 e. The van der Waals surface area contributed by atoms with E-state index in [0.29, 0.717) is 22.8 Å². The van der Waals surface area contributed by atoms with Gasteiger partial charge in [0.1, 0.15) is 11.4 Å². The van der Waals surface area contributed by atoms with Crippen LogP contribution in [0.25, 0.3) is 11.0 Å². The van der Waals surface area contributed by atoms with Gasteiger partial charge in [-0.1, -0.05) is 23.2 Å². The first-order chi connectivity index (χ1) is 10.9. The molecule has 3 aromatic rings. The van der Waals surface area contributed by atoms with Gasteiger partial charge >= 0.3 is 5.63 Å². The third-order valence-electron chi connectivity index (χ3n) is 3.51. The van der Waals surface area contributed by atoms with Crippen LogP contribution in [0.4, 0.5) is 10.1 Å². The molecule has 0 aliphatic carbocycles. The van der Waals surface area contributed by atoms with Gasteiger partial charge in [-0.05, 0) is 48.4 Å². The van der Waals surface area contributed by atoms with Crippen molar-refractivity contribution in [3.63, 3.8) is 0 Å². The number of hydrogen-bond donors (Lipinski definition) is 1. The minimum absolute atomic E-state index is 0.0334. The number of fused-ring (bicyclic) bond motifs is 1. The Labute approximate surface area is 141 Å². The van der Waals surface area contributed by atoms with Crippen molar-refractivity contribution in [2.75, 3.05) is 5.32 Å². The van der Waals surface area contributed by atoms with Crippen LogP contribution in [0, 0.1) is 12.7 Å². The summed E-state index contributed by atoms with van der Waals surface area (Å²) in [7, 11) is 0.